The lowest BCUT2D eigenvalue weighted by molar-refractivity contribution is -0.900. The van der Waals surface area contributed by atoms with Crippen LogP contribution >= 0.6 is 7.60 Å². The van der Waals surface area contributed by atoms with Crippen LogP contribution < -0.4 is 4.89 Å². The first kappa shape index (κ1) is 16.1. The molecule has 0 spiro atoms. The monoisotopic (exact) mass is 253 g/mol. The molecule has 5 nitrogen and oxygen atoms in total. The van der Waals surface area contributed by atoms with Crippen LogP contribution in [0.25, 0.3) is 0 Å². The van der Waals surface area contributed by atoms with Gasteiger partial charge in [0.25, 0.3) is 0 Å². The molecule has 0 fully saturated rings. The summed E-state index contributed by atoms with van der Waals surface area (Å²) in [7, 11) is 1.32. The van der Waals surface area contributed by atoms with E-state index in [1.165, 1.54) is 0 Å². The Bertz CT molecular complexity index is 256. The topological polar surface area (TPSA) is 80.6 Å². The molecule has 0 aromatic heterocycles. The van der Waals surface area contributed by atoms with Gasteiger partial charge in [-0.15, -0.1) is 0 Å². The number of hydrogen-bond acceptors (Lipinski definition) is 3. The largest absolute Gasteiger partial charge is 0.779 e. The van der Waals surface area contributed by atoms with Gasteiger partial charge < -0.3 is 23.9 Å². The molecule has 0 saturated carbocycles. The normalized spacial score (nSPS) is 20.6. The van der Waals surface area contributed by atoms with E-state index in [1.807, 2.05) is 35.0 Å². The zero-order valence-electron chi connectivity index (χ0n) is 10.8. The van der Waals surface area contributed by atoms with E-state index in [1.54, 1.807) is 0 Å². The molecule has 6 heteroatoms. The summed E-state index contributed by atoms with van der Waals surface area (Å²) >= 11 is 0. The van der Waals surface area contributed by atoms with Crippen LogP contribution in [0, 0.1) is 5.92 Å². The van der Waals surface area contributed by atoms with Crippen LogP contribution in [0.5, 0.6) is 0 Å². The van der Waals surface area contributed by atoms with Gasteiger partial charge in [-0.25, -0.2) is 0 Å². The Balaban J connectivity index is 4.70. The molecular weight excluding hydrogens is 229 g/mol. The standard InChI is InChI=1S/C10H24NO4P/c1-8(2)6-9(11(3,4)5)10(12)7-16(13,14)15/h8-10,12H,6-7H2,1-5H3,(H-,13,14,15)/t9-,10-/m0/s1. The summed E-state index contributed by atoms with van der Waals surface area (Å²) in [5.74, 6) is 0.363. The number of rotatable bonds is 6. The second kappa shape index (κ2) is 5.61. The van der Waals surface area contributed by atoms with Crippen molar-refractivity contribution in [2.45, 2.75) is 32.4 Å². The molecule has 98 valence electrons. The zero-order chi connectivity index (χ0) is 13.1. The number of aliphatic hydroxyl groups excluding tert-OH is 1. The Morgan fingerprint density at radius 3 is 2.00 bits per heavy atom. The first-order valence-corrected chi connectivity index (χ1v) is 7.21. The van der Waals surface area contributed by atoms with Crippen molar-refractivity contribution in [3.05, 3.63) is 0 Å². The predicted octanol–water partition coefficient (Wildman–Crippen LogP) is 0.0139. The molecule has 0 radical (unpaired) electrons. The van der Waals surface area contributed by atoms with Crippen molar-refractivity contribution in [2.75, 3.05) is 27.3 Å². The molecule has 0 aliphatic rings. The van der Waals surface area contributed by atoms with Crippen molar-refractivity contribution in [3.8, 4) is 0 Å². The molecule has 2 N–H and O–H groups in total. The average Bonchev–Trinajstić information content (AvgIpc) is 1.93. The molecule has 0 aliphatic heterocycles. The maximum absolute atomic E-state index is 10.8. The van der Waals surface area contributed by atoms with Crippen LogP contribution in [0.3, 0.4) is 0 Å². The molecule has 16 heavy (non-hydrogen) atoms. The van der Waals surface area contributed by atoms with Gasteiger partial charge in [0.2, 0.25) is 0 Å². The van der Waals surface area contributed by atoms with Gasteiger partial charge >= 0.3 is 0 Å². The smallest absolute Gasteiger partial charge is 0.135 e. The average molecular weight is 253 g/mol. The lowest BCUT2D eigenvalue weighted by atomic mass is 9.97. The summed E-state index contributed by atoms with van der Waals surface area (Å²) in [6, 6.07) is -0.200. The quantitative estimate of drug-likeness (QED) is 0.516. The van der Waals surface area contributed by atoms with Crippen molar-refractivity contribution >= 4 is 7.60 Å². The fourth-order valence-electron chi connectivity index (χ4n) is 1.83. The van der Waals surface area contributed by atoms with Crippen LogP contribution in [0.4, 0.5) is 0 Å². The maximum Gasteiger partial charge on any atom is 0.135 e. The van der Waals surface area contributed by atoms with E-state index in [-0.39, 0.29) is 6.04 Å². The minimum Gasteiger partial charge on any atom is -0.779 e. The molecule has 0 bridgehead atoms. The van der Waals surface area contributed by atoms with Gasteiger partial charge in [0.1, 0.15) is 19.7 Å². The summed E-state index contributed by atoms with van der Waals surface area (Å²) in [6.07, 6.45) is -0.888. The SMILES string of the molecule is CC(C)C[C@@H]([C@@H](O)CP(=O)([O-])O)[N+](C)(C)C. The van der Waals surface area contributed by atoms with Gasteiger partial charge in [-0.1, -0.05) is 13.8 Å². The van der Waals surface area contributed by atoms with Crippen molar-refractivity contribution < 1.29 is 23.9 Å². The van der Waals surface area contributed by atoms with Crippen LogP contribution in [0.2, 0.25) is 0 Å². The van der Waals surface area contributed by atoms with Crippen molar-refractivity contribution in [1.29, 1.82) is 0 Å². The van der Waals surface area contributed by atoms with Crippen molar-refractivity contribution in [1.82, 2.24) is 0 Å². The molecule has 0 heterocycles. The molecule has 1 unspecified atom stereocenters. The fraction of sp³-hybridized carbons (Fsp3) is 1.00. The van der Waals surface area contributed by atoms with Crippen LogP contribution in [0.1, 0.15) is 20.3 Å². The lowest BCUT2D eigenvalue weighted by Gasteiger charge is -2.39. The van der Waals surface area contributed by atoms with E-state index in [4.69, 9.17) is 4.89 Å². The first-order valence-electron chi connectivity index (χ1n) is 5.45. The highest BCUT2D eigenvalue weighted by atomic mass is 31.2. The molecule has 3 atom stereocenters. The second-order valence-corrected chi connectivity index (χ2v) is 7.34. The number of nitrogens with zero attached hydrogens (tertiary/aromatic N) is 1. The zero-order valence-corrected chi connectivity index (χ0v) is 11.6. The van der Waals surface area contributed by atoms with Gasteiger partial charge in [-0.2, -0.15) is 0 Å². The molecule has 0 saturated heterocycles. The van der Waals surface area contributed by atoms with E-state index in [0.29, 0.717) is 16.8 Å². The van der Waals surface area contributed by atoms with E-state index in [0.717, 1.165) is 0 Å². The number of quaternary nitrogens is 1. The third kappa shape index (κ3) is 6.61. The Morgan fingerprint density at radius 1 is 1.31 bits per heavy atom. The summed E-state index contributed by atoms with van der Waals surface area (Å²) in [5.41, 5.74) is 0. The number of hydrogen-bond donors (Lipinski definition) is 2. The van der Waals surface area contributed by atoms with Gasteiger partial charge in [0.05, 0.1) is 21.1 Å². The van der Waals surface area contributed by atoms with Gasteiger partial charge in [0.15, 0.2) is 0 Å². The first-order chi connectivity index (χ1) is 6.93. The van der Waals surface area contributed by atoms with Crippen LogP contribution in [-0.4, -0.2) is 53.9 Å². The molecular formula is C10H24NO4P. The highest BCUT2D eigenvalue weighted by Crippen LogP contribution is 2.32. The van der Waals surface area contributed by atoms with Gasteiger partial charge in [-0.3, -0.25) is 0 Å². The Kier molecular flexibility index (Phi) is 5.63. The van der Waals surface area contributed by atoms with Crippen LogP contribution in [-0.2, 0) is 4.57 Å². The third-order valence-corrected chi connectivity index (χ3v) is 3.41. The summed E-state index contributed by atoms with van der Waals surface area (Å²) in [6.45, 7) is 4.04. The summed E-state index contributed by atoms with van der Waals surface area (Å²) < 4.78 is 11.2. The van der Waals surface area contributed by atoms with Gasteiger partial charge in [-0.05, 0) is 5.92 Å². The molecule has 0 aromatic rings. The Hall–Kier alpha value is 0.0700. The van der Waals surface area contributed by atoms with Crippen molar-refractivity contribution in [2.24, 2.45) is 5.92 Å². The maximum atomic E-state index is 10.8. The molecule has 0 aromatic carbocycles. The second-order valence-electron chi connectivity index (χ2n) is 5.70. The van der Waals surface area contributed by atoms with Crippen molar-refractivity contribution in [3.63, 3.8) is 0 Å². The molecule has 0 aliphatic carbocycles. The highest BCUT2D eigenvalue weighted by Gasteiger charge is 2.33. The molecule has 0 rings (SSSR count). The van der Waals surface area contributed by atoms with Gasteiger partial charge in [0, 0.05) is 12.6 Å². The predicted molar refractivity (Wildman–Crippen MR) is 62.0 cm³/mol. The minimum atomic E-state index is -4.40. The molecule has 0 amide bonds. The van der Waals surface area contributed by atoms with Crippen LogP contribution in [0.15, 0.2) is 0 Å². The Labute approximate surface area is 97.8 Å². The number of likely N-dealkylation sites (N-methyl/N-ethyl adjacent to an activating group) is 1. The third-order valence-electron chi connectivity index (χ3n) is 2.57. The fourth-order valence-corrected chi connectivity index (χ4v) is 2.55. The van der Waals surface area contributed by atoms with E-state index in [2.05, 4.69) is 0 Å². The lowest BCUT2D eigenvalue weighted by Crippen LogP contribution is -2.53. The highest BCUT2D eigenvalue weighted by molar-refractivity contribution is 7.50. The summed E-state index contributed by atoms with van der Waals surface area (Å²) in [4.78, 5) is 19.5. The van der Waals surface area contributed by atoms with E-state index >= 15 is 0 Å². The number of aliphatic hydroxyl groups is 1. The summed E-state index contributed by atoms with van der Waals surface area (Å²) in [5, 5.41) is 9.88. The Morgan fingerprint density at radius 2 is 1.75 bits per heavy atom. The van der Waals surface area contributed by atoms with E-state index < -0.39 is 19.9 Å². The van der Waals surface area contributed by atoms with E-state index in [9.17, 15) is 14.6 Å². The minimum absolute atomic E-state index is 0.200.